The quantitative estimate of drug-likeness (QED) is 0.715. The van der Waals surface area contributed by atoms with E-state index in [0.717, 1.165) is 11.1 Å². The molecule has 0 atom stereocenters. The van der Waals surface area contributed by atoms with Gasteiger partial charge in [-0.25, -0.2) is 4.39 Å². The summed E-state index contributed by atoms with van der Waals surface area (Å²) in [4.78, 5) is 0. The summed E-state index contributed by atoms with van der Waals surface area (Å²) in [6.07, 6.45) is 0. The lowest BCUT2D eigenvalue weighted by molar-refractivity contribution is 0.202. The number of rotatable bonds is 4. The zero-order chi connectivity index (χ0) is 13.0. The number of hydrogen-bond donors (Lipinski definition) is 0. The summed E-state index contributed by atoms with van der Waals surface area (Å²) < 4.78 is 18.9. The van der Waals surface area contributed by atoms with Gasteiger partial charge in [-0.05, 0) is 24.1 Å². The van der Waals surface area contributed by atoms with Gasteiger partial charge in [0.25, 0.3) is 0 Å². The molecule has 0 aliphatic rings. The molecule has 0 aliphatic carbocycles. The molecule has 2 rings (SSSR count). The number of benzene rings is 2. The second-order valence-corrected chi connectivity index (χ2v) is 4.17. The molecule has 2 aromatic carbocycles. The third-order valence-corrected chi connectivity index (χ3v) is 2.62. The van der Waals surface area contributed by atoms with E-state index in [9.17, 15) is 4.39 Å². The van der Waals surface area contributed by atoms with Crippen molar-refractivity contribution in [2.24, 2.45) is 0 Å². The zero-order valence-corrected chi connectivity index (χ0v) is 10.3. The van der Waals surface area contributed by atoms with Crippen molar-refractivity contribution < 1.29 is 9.13 Å². The maximum atomic E-state index is 13.6. The molecule has 18 heavy (non-hydrogen) atoms. The molecule has 1 nitrogen and oxygen atoms in total. The molecule has 0 saturated heterocycles. The molecule has 0 spiro atoms. The Morgan fingerprint density at radius 1 is 1.11 bits per heavy atom. The Labute approximate surface area is 107 Å². The molecule has 0 amide bonds. The van der Waals surface area contributed by atoms with Crippen LogP contribution < -0.4 is 0 Å². The van der Waals surface area contributed by atoms with Crippen LogP contribution in [0.4, 0.5) is 4.39 Å². The fraction of sp³-hybridized carbons (Fsp3) is 0.125. The average molecular weight is 242 g/mol. The smallest absolute Gasteiger partial charge is 0.131 e. The normalized spacial score (nSPS) is 10.1. The van der Waals surface area contributed by atoms with Gasteiger partial charge in [-0.3, -0.25) is 0 Å². The molecular formula is C16H15FO. The first-order valence-corrected chi connectivity index (χ1v) is 5.79. The molecular weight excluding hydrogens is 227 g/mol. The molecule has 0 aromatic heterocycles. The topological polar surface area (TPSA) is 9.23 Å². The molecule has 0 saturated carbocycles. The van der Waals surface area contributed by atoms with Crippen LogP contribution in [0.3, 0.4) is 0 Å². The summed E-state index contributed by atoms with van der Waals surface area (Å²) in [6.45, 7) is 5.98. The molecule has 0 bridgehead atoms. The number of hydrogen-bond acceptors (Lipinski definition) is 1. The monoisotopic (exact) mass is 242 g/mol. The van der Waals surface area contributed by atoms with Crippen molar-refractivity contribution in [3.05, 3.63) is 72.2 Å². The largest absolute Gasteiger partial charge is 0.494 e. The second kappa shape index (κ2) is 5.50. The van der Waals surface area contributed by atoms with Crippen LogP contribution in [-0.2, 0) is 11.3 Å². The Morgan fingerprint density at radius 3 is 2.39 bits per heavy atom. The van der Waals surface area contributed by atoms with Crippen molar-refractivity contribution >= 4 is 0 Å². The Bertz CT molecular complexity index is 543. The Morgan fingerprint density at radius 2 is 1.78 bits per heavy atom. The third kappa shape index (κ3) is 2.98. The minimum Gasteiger partial charge on any atom is -0.494 e. The van der Waals surface area contributed by atoms with Gasteiger partial charge in [-0.1, -0.05) is 49.0 Å². The standard InChI is InChI=1S/C16H15FO/c1-12(2)18-11-13-7-9-14(10-8-13)15-5-3-4-6-16(15)17/h3-10H,1,11H2,2H3. The lowest BCUT2D eigenvalue weighted by Crippen LogP contribution is -1.90. The minimum absolute atomic E-state index is 0.205. The van der Waals surface area contributed by atoms with Crippen molar-refractivity contribution in [3.8, 4) is 11.1 Å². The summed E-state index contributed by atoms with van der Waals surface area (Å²) in [5.41, 5.74) is 2.52. The highest BCUT2D eigenvalue weighted by molar-refractivity contribution is 5.64. The fourth-order valence-corrected chi connectivity index (χ4v) is 1.68. The van der Waals surface area contributed by atoms with Crippen molar-refractivity contribution in [2.75, 3.05) is 0 Å². The van der Waals surface area contributed by atoms with E-state index < -0.39 is 0 Å². The van der Waals surface area contributed by atoms with E-state index in [1.807, 2.05) is 37.3 Å². The van der Waals surface area contributed by atoms with Crippen LogP contribution >= 0.6 is 0 Å². The summed E-state index contributed by atoms with van der Waals surface area (Å²) in [7, 11) is 0. The Hall–Kier alpha value is -2.09. The van der Waals surface area contributed by atoms with E-state index >= 15 is 0 Å². The van der Waals surface area contributed by atoms with Gasteiger partial charge in [0, 0.05) is 5.56 Å². The molecule has 0 N–H and O–H groups in total. The number of halogens is 1. The van der Waals surface area contributed by atoms with Gasteiger partial charge >= 0.3 is 0 Å². The molecule has 2 aromatic rings. The fourth-order valence-electron chi connectivity index (χ4n) is 1.68. The lowest BCUT2D eigenvalue weighted by atomic mass is 10.0. The molecule has 92 valence electrons. The Balaban J connectivity index is 2.17. The first-order chi connectivity index (χ1) is 8.66. The van der Waals surface area contributed by atoms with Crippen molar-refractivity contribution in [1.29, 1.82) is 0 Å². The number of ether oxygens (including phenoxy) is 1. The van der Waals surface area contributed by atoms with Gasteiger partial charge in [-0.2, -0.15) is 0 Å². The summed E-state index contributed by atoms with van der Waals surface area (Å²) in [5, 5.41) is 0. The minimum atomic E-state index is -0.205. The molecule has 0 fully saturated rings. The maximum Gasteiger partial charge on any atom is 0.131 e. The van der Waals surface area contributed by atoms with Gasteiger partial charge < -0.3 is 4.74 Å². The first kappa shape index (κ1) is 12.4. The lowest BCUT2D eigenvalue weighted by Gasteiger charge is -2.07. The average Bonchev–Trinajstić information content (AvgIpc) is 2.38. The highest BCUT2D eigenvalue weighted by Gasteiger charge is 2.03. The van der Waals surface area contributed by atoms with E-state index in [4.69, 9.17) is 4.74 Å². The predicted octanol–water partition coefficient (Wildman–Crippen LogP) is 4.54. The van der Waals surface area contributed by atoms with Crippen molar-refractivity contribution in [2.45, 2.75) is 13.5 Å². The molecule has 0 unspecified atom stereocenters. The van der Waals surface area contributed by atoms with E-state index in [1.54, 1.807) is 12.1 Å². The molecule has 0 radical (unpaired) electrons. The molecule has 0 aliphatic heterocycles. The summed E-state index contributed by atoms with van der Waals surface area (Å²) >= 11 is 0. The predicted molar refractivity (Wildman–Crippen MR) is 71.4 cm³/mol. The van der Waals surface area contributed by atoms with E-state index in [0.29, 0.717) is 17.9 Å². The van der Waals surface area contributed by atoms with Gasteiger partial charge in [0.2, 0.25) is 0 Å². The van der Waals surface area contributed by atoms with Gasteiger partial charge in [0.1, 0.15) is 12.4 Å². The second-order valence-electron chi connectivity index (χ2n) is 4.17. The maximum absolute atomic E-state index is 13.6. The van der Waals surface area contributed by atoms with Crippen LogP contribution in [0, 0.1) is 5.82 Å². The highest BCUT2D eigenvalue weighted by atomic mass is 19.1. The molecule has 0 heterocycles. The SMILES string of the molecule is C=C(C)OCc1ccc(-c2ccccc2F)cc1. The molecule has 2 heteroatoms. The van der Waals surface area contributed by atoms with Crippen LogP contribution in [-0.4, -0.2) is 0 Å². The first-order valence-electron chi connectivity index (χ1n) is 5.79. The number of allylic oxidation sites excluding steroid dienone is 1. The van der Waals surface area contributed by atoms with Crippen molar-refractivity contribution in [3.63, 3.8) is 0 Å². The third-order valence-electron chi connectivity index (χ3n) is 2.62. The van der Waals surface area contributed by atoms with Gasteiger partial charge in [0.05, 0.1) is 5.76 Å². The van der Waals surface area contributed by atoms with Crippen LogP contribution in [0.2, 0.25) is 0 Å². The zero-order valence-electron chi connectivity index (χ0n) is 10.3. The van der Waals surface area contributed by atoms with Gasteiger partial charge in [-0.15, -0.1) is 0 Å². The van der Waals surface area contributed by atoms with Crippen LogP contribution in [0.5, 0.6) is 0 Å². The van der Waals surface area contributed by atoms with Crippen LogP contribution in [0.15, 0.2) is 60.9 Å². The van der Waals surface area contributed by atoms with Crippen molar-refractivity contribution in [1.82, 2.24) is 0 Å². The van der Waals surface area contributed by atoms with E-state index in [-0.39, 0.29) is 5.82 Å². The van der Waals surface area contributed by atoms with Crippen LogP contribution in [0.25, 0.3) is 11.1 Å². The van der Waals surface area contributed by atoms with E-state index in [2.05, 4.69) is 6.58 Å². The van der Waals surface area contributed by atoms with Crippen LogP contribution in [0.1, 0.15) is 12.5 Å². The van der Waals surface area contributed by atoms with E-state index in [1.165, 1.54) is 6.07 Å². The highest BCUT2D eigenvalue weighted by Crippen LogP contribution is 2.22. The summed E-state index contributed by atoms with van der Waals surface area (Å²) in [6, 6.07) is 14.4. The summed E-state index contributed by atoms with van der Waals surface area (Å²) in [5.74, 6) is 0.483. The van der Waals surface area contributed by atoms with Gasteiger partial charge in [0.15, 0.2) is 0 Å². The Kier molecular flexibility index (Phi) is 3.78.